The Kier molecular flexibility index (Phi) is 5.58. The molecule has 0 aliphatic heterocycles. The van der Waals surface area contributed by atoms with E-state index in [-0.39, 0.29) is 0 Å². The SMILES string of the molecule is COc1ccc(-c2nc3ccc(Cl)cn3c2NCCc2ccccc2)cc1OC. The van der Waals surface area contributed by atoms with E-state index in [0.717, 1.165) is 35.7 Å². The summed E-state index contributed by atoms with van der Waals surface area (Å²) in [4.78, 5) is 4.83. The number of anilines is 1. The number of hydrogen-bond donors (Lipinski definition) is 1. The first-order valence-electron chi connectivity index (χ1n) is 9.37. The number of aromatic nitrogens is 2. The van der Waals surface area contributed by atoms with Crippen molar-refractivity contribution in [3.8, 4) is 22.8 Å². The van der Waals surface area contributed by atoms with E-state index >= 15 is 0 Å². The lowest BCUT2D eigenvalue weighted by molar-refractivity contribution is 0.355. The third kappa shape index (κ3) is 4.00. The fraction of sp³-hybridized carbons (Fsp3) is 0.174. The number of methoxy groups -OCH3 is 2. The van der Waals surface area contributed by atoms with Crippen molar-refractivity contribution in [3.63, 3.8) is 0 Å². The molecule has 1 N–H and O–H groups in total. The molecule has 0 aliphatic rings. The van der Waals surface area contributed by atoms with Gasteiger partial charge in [0.25, 0.3) is 0 Å². The molecule has 0 unspecified atom stereocenters. The summed E-state index contributed by atoms with van der Waals surface area (Å²) >= 11 is 6.25. The minimum Gasteiger partial charge on any atom is -0.493 e. The van der Waals surface area contributed by atoms with Gasteiger partial charge in [-0.1, -0.05) is 41.9 Å². The molecule has 29 heavy (non-hydrogen) atoms. The molecule has 2 heterocycles. The maximum Gasteiger partial charge on any atom is 0.161 e. The Morgan fingerprint density at radius 2 is 1.76 bits per heavy atom. The van der Waals surface area contributed by atoms with Crippen molar-refractivity contribution < 1.29 is 9.47 Å². The van der Waals surface area contributed by atoms with Crippen LogP contribution in [0, 0.1) is 0 Å². The molecule has 0 amide bonds. The third-order valence-electron chi connectivity index (χ3n) is 4.79. The number of ether oxygens (including phenoxy) is 2. The standard InChI is InChI=1S/C23H22ClN3O2/c1-28-19-10-8-17(14-20(19)29-2)22-23(25-13-12-16-6-4-3-5-7-16)27-15-18(24)9-11-21(27)26-22/h3-11,14-15,25H,12-13H2,1-2H3. The van der Waals surface area contributed by atoms with Crippen LogP contribution in [0.2, 0.25) is 5.02 Å². The average Bonchev–Trinajstić information content (AvgIpc) is 3.11. The largest absolute Gasteiger partial charge is 0.493 e. The number of nitrogens with zero attached hydrogens (tertiary/aromatic N) is 2. The maximum absolute atomic E-state index is 6.25. The first-order valence-corrected chi connectivity index (χ1v) is 9.75. The summed E-state index contributed by atoms with van der Waals surface area (Å²) in [5, 5.41) is 4.20. The minimum absolute atomic E-state index is 0.653. The van der Waals surface area contributed by atoms with E-state index in [1.54, 1.807) is 14.2 Å². The van der Waals surface area contributed by atoms with Crippen molar-refractivity contribution >= 4 is 23.1 Å². The zero-order chi connectivity index (χ0) is 20.2. The van der Waals surface area contributed by atoms with Crippen LogP contribution in [0.4, 0.5) is 5.82 Å². The number of nitrogens with one attached hydrogen (secondary N) is 1. The molecule has 0 spiro atoms. The Bertz CT molecular complexity index is 1130. The molecule has 148 valence electrons. The molecule has 0 aliphatic carbocycles. The lowest BCUT2D eigenvalue weighted by Gasteiger charge is -2.11. The van der Waals surface area contributed by atoms with Gasteiger partial charge in [-0.15, -0.1) is 0 Å². The van der Waals surface area contributed by atoms with Gasteiger partial charge in [0.05, 0.1) is 19.2 Å². The molecule has 4 aromatic rings. The second-order valence-electron chi connectivity index (χ2n) is 6.62. The number of pyridine rings is 1. The van der Waals surface area contributed by atoms with Crippen molar-refractivity contribution in [2.45, 2.75) is 6.42 Å². The van der Waals surface area contributed by atoms with Gasteiger partial charge in [0, 0.05) is 18.3 Å². The van der Waals surface area contributed by atoms with E-state index in [9.17, 15) is 0 Å². The predicted octanol–water partition coefficient (Wildman–Crippen LogP) is 5.33. The Balaban J connectivity index is 1.72. The second kappa shape index (κ2) is 8.45. The highest BCUT2D eigenvalue weighted by molar-refractivity contribution is 6.30. The van der Waals surface area contributed by atoms with Gasteiger partial charge in [0.2, 0.25) is 0 Å². The normalized spacial score (nSPS) is 10.9. The van der Waals surface area contributed by atoms with E-state index in [0.29, 0.717) is 16.5 Å². The van der Waals surface area contributed by atoms with Crippen molar-refractivity contribution in [2.75, 3.05) is 26.1 Å². The molecule has 6 heteroatoms. The zero-order valence-electron chi connectivity index (χ0n) is 16.4. The maximum atomic E-state index is 6.25. The zero-order valence-corrected chi connectivity index (χ0v) is 17.1. The first-order chi connectivity index (χ1) is 14.2. The van der Waals surface area contributed by atoms with Crippen molar-refractivity contribution in [1.82, 2.24) is 9.38 Å². The van der Waals surface area contributed by atoms with Crippen LogP contribution >= 0.6 is 11.6 Å². The third-order valence-corrected chi connectivity index (χ3v) is 5.01. The van der Waals surface area contributed by atoms with Crippen LogP contribution in [0.1, 0.15) is 5.56 Å². The summed E-state index contributed by atoms with van der Waals surface area (Å²) in [5.74, 6) is 2.24. The summed E-state index contributed by atoms with van der Waals surface area (Å²) in [7, 11) is 3.26. The van der Waals surface area contributed by atoms with Gasteiger partial charge in [0.1, 0.15) is 17.2 Å². The average molecular weight is 408 g/mol. The summed E-state index contributed by atoms with van der Waals surface area (Å²) < 4.78 is 12.8. The minimum atomic E-state index is 0.653. The molecule has 5 nitrogen and oxygen atoms in total. The monoisotopic (exact) mass is 407 g/mol. The van der Waals surface area contributed by atoms with Crippen LogP contribution in [0.15, 0.2) is 66.9 Å². The highest BCUT2D eigenvalue weighted by Gasteiger charge is 2.16. The molecule has 0 radical (unpaired) electrons. The molecular weight excluding hydrogens is 386 g/mol. The smallest absolute Gasteiger partial charge is 0.161 e. The van der Waals surface area contributed by atoms with Gasteiger partial charge in [-0.25, -0.2) is 4.98 Å². The van der Waals surface area contributed by atoms with E-state index in [1.165, 1.54) is 5.56 Å². The van der Waals surface area contributed by atoms with Gasteiger partial charge >= 0.3 is 0 Å². The topological polar surface area (TPSA) is 47.8 Å². The summed E-state index contributed by atoms with van der Waals surface area (Å²) in [5.41, 5.74) is 3.87. The summed E-state index contributed by atoms with van der Waals surface area (Å²) in [6, 6.07) is 19.9. The fourth-order valence-electron chi connectivity index (χ4n) is 3.34. The number of benzene rings is 2. The Hall–Kier alpha value is -3.18. The number of halogens is 1. The Morgan fingerprint density at radius 3 is 2.52 bits per heavy atom. The van der Waals surface area contributed by atoms with Crippen LogP contribution in [-0.4, -0.2) is 30.1 Å². The molecule has 0 bridgehead atoms. The van der Waals surface area contributed by atoms with E-state index < -0.39 is 0 Å². The van der Waals surface area contributed by atoms with Gasteiger partial charge in [-0.3, -0.25) is 4.40 Å². The highest BCUT2D eigenvalue weighted by Crippen LogP contribution is 2.35. The number of imidazole rings is 1. The molecule has 0 saturated carbocycles. The first kappa shape index (κ1) is 19.2. The van der Waals surface area contributed by atoms with Crippen molar-refractivity contribution in [3.05, 3.63) is 77.4 Å². The van der Waals surface area contributed by atoms with Crippen molar-refractivity contribution in [2.24, 2.45) is 0 Å². The molecule has 0 fully saturated rings. The Morgan fingerprint density at radius 1 is 0.966 bits per heavy atom. The van der Waals surface area contributed by atoms with Crippen LogP contribution < -0.4 is 14.8 Å². The Labute approximate surface area is 174 Å². The molecule has 2 aromatic heterocycles. The van der Waals surface area contributed by atoms with Gasteiger partial charge in [-0.2, -0.15) is 0 Å². The van der Waals surface area contributed by atoms with E-state index in [1.807, 2.05) is 47.0 Å². The van der Waals surface area contributed by atoms with Crippen LogP contribution in [-0.2, 0) is 6.42 Å². The summed E-state index contributed by atoms with van der Waals surface area (Å²) in [6.07, 6.45) is 2.78. The summed E-state index contributed by atoms with van der Waals surface area (Å²) in [6.45, 7) is 0.768. The molecular formula is C23H22ClN3O2. The lowest BCUT2D eigenvalue weighted by Crippen LogP contribution is -2.08. The molecule has 2 aromatic carbocycles. The predicted molar refractivity (Wildman–Crippen MR) is 117 cm³/mol. The fourth-order valence-corrected chi connectivity index (χ4v) is 3.50. The van der Waals surface area contributed by atoms with Gasteiger partial charge < -0.3 is 14.8 Å². The van der Waals surface area contributed by atoms with Crippen LogP contribution in [0.3, 0.4) is 0 Å². The second-order valence-corrected chi connectivity index (χ2v) is 7.05. The number of fused-ring (bicyclic) bond motifs is 1. The number of hydrogen-bond acceptors (Lipinski definition) is 4. The number of rotatable bonds is 7. The van der Waals surface area contributed by atoms with Gasteiger partial charge in [0.15, 0.2) is 11.5 Å². The molecule has 0 atom stereocenters. The van der Waals surface area contributed by atoms with E-state index in [2.05, 4.69) is 29.6 Å². The van der Waals surface area contributed by atoms with Gasteiger partial charge in [-0.05, 0) is 42.3 Å². The quantitative estimate of drug-likeness (QED) is 0.450. The highest BCUT2D eigenvalue weighted by atomic mass is 35.5. The molecule has 4 rings (SSSR count). The molecule has 0 saturated heterocycles. The van der Waals surface area contributed by atoms with Crippen molar-refractivity contribution in [1.29, 1.82) is 0 Å². The lowest BCUT2D eigenvalue weighted by atomic mass is 10.1. The van der Waals surface area contributed by atoms with Crippen LogP contribution in [0.5, 0.6) is 11.5 Å². The van der Waals surface area contributed by atoms with Crippen LogP contribution in [0.25, 0.3) is 16.9 Å². The van der Waals surface area contributed by atoms with E-state index in [4.69, 9.17) is 26.1 Å².